The molecular formula is C32H42O12. The van der Waals surface area contributed by atoms with Gasteiger partial charge < -0.3 is 48.5 Å². The second kappa shape index (κ2) is 8.64. The molecular weight excluding hydrogens is 576 g/mol. The molecule has 12 nitrogen and oxygen atoms in total. The third-order valence-corrected chi connectivity index (χ3v) is 13.4. The van der Waals surface area contributed by atoms with Gasteiger partial charge in [-0.2, -0.15) is 0 Å². The van der Waals surface area contributed by atoms with E-state index in [2.05, 4.69) is 0 Å². The standard InChI is InChI=1S/C32H42O12/c1-7-14(2)41-24(35)16-10-18(42-15(3)33)27(4)12-39-20-21(27)30(16)13-40-25(36)22(30)28(5,23(20)34)32-19-11-17(29(32,6)44-32)31(37)8-9-38-26(31)43-19/h7-9,16-23,25-26,34,36-37H,10-13H2,1-6H3. The summed E-state index contributed by atoms with van der Waals surface area (Å²) in [6, 6.07) is 0. The molecule has 8 rings (SSSR count). The summed E-state index contributed by atoms with van der Waals surface area (Å²) in [5.74, 6) is -3.26. The van der Waals surface area contributed by atoms with E-state index in [9.17, 15) is 24.9 Å². The van der Waals surface area contributed by atoms with Crippen LogP contribution in [0.25, 0.3) is 0 Å². The Bertz CT molecular complexity index is 1380. The zero-order valence-electron chi connectivity index (χ0n) is 25.8. The van der Waals surface area contributed by atoms with Crippen LogP contribution >= 0.6 is 0 Å². The molecule has 5 heterocycles. The molecule has 3 saturated carbocycles. The van der Waals surface area contributed by atoms with E-state index in [1.165, 1.54) is 13.2 Å². The number of esters is 2. The molecule has 0 aromatic rings. The molecule has 0 aromatic carbocycles. The summed E-state index contributed by atoms with van der Waals surface area (Å²) in [6.07, 6.45) is -0.292. The Morgan fingerprint density at radius 3 is 2.50 bits per heavy atom. The Hall–Kier alpha value is -2.06. The van der Waals surface area contributed by atoms with Crippen LogP contribution in [0.2, 0.25) is 0 Å². The second-order valence-corrected chi connectivity index (χ2v) is 15.0. The van der Waals surface area contributed by atoms with Gasteiger partial charge in [0.1, 0.15) is 23.1 Å². The van der Waals surface area contributed by atoms with Gasteiger partial charge in [0.05, 0.1) is 43.7 Å². The van der Waals surface area contributed by atoms with Gasteiger partial charge in [0, 0.05) is 40.9 Å². The molecule has 2 bridgehead atoms. The monoisotopic (exact) mass is 618 g/mol. The first-order chi connectivity index (χ1) is 20.7. The zero-order chi connectivity index (χ0) is 31.4. The molecule has 8 aliphatic rings. The maximum atomic E-state index is 14.2. The average Bonchev–Trinajstić information content (AvgIpc) is 3.32. The Balaban J connectivity index is 1.31. The summed E-state index contributed by atoms with van der Waals surface area (Å²) in [7, 11) is 0. The molecule has 0 aromatic heterocycles. The van der Waals surface area contributed by atoms with Gasteiger partial charge in [0.15, 0.2) is 11.9 Å². The molecule has 16 unspecified atom stereocenters. The summed E-state index contributed by atoms with van der Waals surface area (Å²) in [4.78, 5) is 26.5. The van der Waals surface area contributed by atoms with Crippen molar-refractivity contribution in [2.45, 2.75) is 108 Å². The highest BCUT2D eigenvalue weighted by Gasteiger charge is 2.95. The number of carbonyl (C=O) groups excluding carboxylic acids is 2. The van der Waals surface area contributed by atoms with E-state index in [0.29, 0.717) is 12.2 Å². The van der Waals surface area contributed by atoms with Crippen molar-refractivity contribution in [2.24, 2.45) is 39.9 Å². The lowest BCUT2D eigenvalue weighted by molar-refractivity contribution is -0.297. The normalized spacial score (nSPS) is 59.2. The van der Waals surface area contributed by atoms with E-state index in [4.69, 9.17) is 33.2 Å². The van der Waals surface area contributed by atoms with Crippen LogP contribution in [-0.4, -0.2) is 94.3 Å². The van der Waals surface area contributed by atoms with Crippen molar-refractivity contribution in [1.82, 2.24) is 0 Å². The first kappa shape index (κ1) is 29.3. The summed E-state index contributed by atoms with van der Waals surface area (Å²) < 4.78 is 43.2. The Kier molecular flexibility index (Phi) is 5.76. The van der Waals surface area contributed by atoms with E-state index in [0.717, 1.165) is 0 Å². The smallest absolute Gasteiger partial charge is 0.314 e. The van der Waals surface area contributed by atoms with E-state index in [1.54, 1.807) is 26.0 Å². The third-order valence-electron chi connectivity index (χ3n) is 13.4. The fourth-order valence-corrected chi connectivity index (χ4v) is 11.7. The number of aliphatic hydroxyl groups excluding tert-OH is 2. The number of carbonyl (C=O) groups is 2. The van der Waals surface area contributed by atoms with Crippen molar-refractivity contribution in [3.8, 4) is 0 Å². The Morgan fingerprint density at radius 2 is 1.80 bits per heavy atom. The van der Waals surface area contributed by atoms with Crippen molar-refractivity contribution >= 4 is 11.9 Å². The fourth-order valence-electron chi connectivity index (χ4n) is 11.7. The van der Waals surface area contributed by atoms with Crippen molar-refractivity contribution in [1.29, 1.82) is 0 Å². The minimum Gasteiger partial charge on any atom is -0.469 e. The highest BCUT2D eigenvalue weighted by atomic mass is 16.7. The summed E-state index contributed by atoms with van der Waals surface area (Å²) in [5.41, 5.74) is -6.74. The lowest BCUT2D eigenvalue weighted by Crippen LogP contribution is -2.75. The van der Waals surface area contributed by atoms with E-state index in [1.807, 2.05) is 20.8 Å². The van der Waals surface area contributed by atoms with E-state index in [-0.39, 0.29) is 19.6 Å². The lowest BCUT2D eigenvalue weighted by Gasteiger charge is -2.65. The number of fused-ring (bicyclic) bond motifs is 7. The maximum Gasteiger partial charge on any atom is 0.314 e. The number of aliphatic hydroxyl groups is 3. The predicted octanol–water partition coefficient (Wildman–Crippen LogP) is 1.31. The van der Waals surface area contributed by atoms with Gasteiger partial charge in [0.25, 0.3) is 0 Å². The number of hydrogen-bond donors (Lipinski definition) is 3. The molecule has 7 fully saturated rings. The minimum atomic E-state index is -1.43. The molecule has 3 N–H and O–H groups in total. The number of hydrogen-bond acceptors (Lipinski definition) is 12. The molecule has 0 radical (unpaired) electrons. The highest BCUT2D eigenvalue weighted by Crippen LogP contribution is 2.82. The Morgan fingerprint density at radius 1 is 1.05 bits per heavy atom. The van der Waals surface area contributed by atoms with Crippen LogP contribution in [0.15, 0.2) is 24.2 Å². The van der Waals surface area contributed by atoms with Crippen LogP contribution in [0, 0.1) is 39.9 Å². The van der Waals surface area contributed by atoms with Crippen molar-refractivity contribution < 1.29 is 58.1 Å². The SMILES string of the molecule is CC=C(C)OC(=O)C1CC(OC(C)=O)C2(C)COC3C2C12COC(O)C2C(C)(C12OC1(C)C1CC2OC2OC=CC21O)C3O. The molecule has 242 valence electrons. The molecule has 5 aliphatic heterocycles. The highest BCUT2D eigenvalue weighted by molar-refractivity contribution is 5.76. The third kappa shape index (κ3) is 2.96. The topological polar surface area (TPSA) is 163 Å². The van der Waals surface area contributed by atoms with Gasteiger partial charge in [-0.3, -0.25) is 9.59 Å². The molecule has 12 heteroatoms. The molecule has 3 aliphatic carbocycles. The van der Waals surface area contributed by atoms with Crippen molar-refractivity contribution in [2.75, 3.05) is 13.2 Å². The molecule has 0 amide bonds. The van der Waals surface area contributed by atoms with Gasteiger partial charge in [-0.1, -0.05) is 13.8 Å². The summed E-state index contributed by atoms with van der Waals surface area (Å²) in [6.45, 7) is 10.7. The van der Waals surface area contributed by atoms with Crippen LogP contribution in [0.5, 0.6) is 0 Å². The largest absolute Gasteiger partial charge is 0.469 e. The van der Waals surface area contributed by atoms with Gasteiger partial charge >= 0.3 is 11.9 Å². The van der Waals surface area contributed by atoms with E-state index < -0.39 is 106 Å². The molecule has 16 atom stereocenters. The number of epoxide rings is 1. The number of rotatable bonds is 4. The second-order valence-electron chi connectivity index (χ2n) is 15.0. The minimum absolute atomic E-state index is 0.00284. The first-order valence-corrected chi connectivity index (χ1v) is 15.7. The van der Waals surface area contributed by atoms with Gasteiger partial charge in [-0.25, -0.2) is 0 Å². The summed E-state index contributed by atoms with van der Waals surface area (Å²) >= 11 is 0. The molecule has 44 heavy (non-hydrogen) atoms. The first-order valence-electron chi connectivity index (χ1n) is 15.7. The van der Waals surface area contributed by atoms with Crippen LogP contribution < -0.4 is 0 Å². The molecule has 1 spiro atoms. The van der Waals surface area contributed by atoms with Crippen LogP contribution in [0.3, 0.4) is 0 Å². The number of ether oxygens (including phenoxy) is 7. The van der Waals surface area contributed by atoms with Crippen molar-refractivity contribution in [3.63, 3.8) is 0 Å². The van der Waals surface area contributed by atoms with Crippen molar-refractivity contribution in [3.05, 3.63) is 24.2 Å². The van der Waals surface area contributed by atoms with E-state index >= 15 is 0 Å². The maximum absolute atomic E-state index is 14.2. The zero-order valence-corrected chi connectivity index (χ0v) is 25.8. The van der Waals surface area contributed by atoms with Gasteiger partial charge in [0.2, 0.25) is 6.29 Å². The van der Waals surface area contributed by atoms with Gasteiger partial charge in [-0.05, 0) is 45.8 Å². The summed E-state index contributed by atoms with van der Waals surface area (Å²) in [5, 5.41) is 36.2. The van der Waals surface area contributed by atoms with Crippen LogP contribution in [-0.2, 0) is 42.7 Å². The predicted molar refractivity (Wildman–Crippen MR) is 147 cm³/mol. The number of allylic oxidation sites excluding steroid dienone is 2. The lowest BCUT2D eigenvalue weighted by atomic mass is 9.37. The van der Waals surface area contributed by atoms with Crippen LogP contribution in [0.4, 0.5) is 0 Å². The van der Waals surface area contributed by atoms with Gasteiger partial charge in [-0.15, -0.1) is 0 Å². The fraction of sp³-hybridized carbons (Fsp3) is 0.812. The average molecular weight is 619 g/mol. The quantitative estimate of drug-likeness (QED) is 0.236. The molecule has 4 saturated heterocycles. The van der Waals surface area contributed by atoms with Crippen LogP contribution in [0.1, 0.15) is 54.4 Å². The Labute approximate surface area is 255 Å².